The van der Waals surface area contributed by atoms with E-state index in [0.717, 1.165) is 14.2 Å². The van der Waals surface area contributed by atoms with Crippen LogP contribution < -0.4 is 21.3 Å². The van der Waals surface area contributed by atoms with Crippen molar-refractivity contribution in [3.05, 3.63) is 0 Å². The lowest BCUT2D eigenvalue weighted by Crippen LogP contribution is -2.70. The van der Waals surface area contributed by atoms with Gasteiger partial charge in [0.2, 0.25) is 11.8 Å². The van der Waals surface area contributed by atoms with Gasteiger partial charge in [-0.05, 0) is 24.4 Å². The molecule has 0 bridgehead atoms. The Kier molecular flexibility index (Phi) is 8.16. The molecule has 2 aliphatic heterocycles. The number of carbonyl (C=O) groups is 6. The minimum Gasteiger partial charge on any atom is -0.467 e. The van der Waals surface area contributed by atoms with Crippen molar-refractivity contribution in [3.8, 4) is 12.1 Å². The Labute approximate surface area is 208 Å². The van der Waals surface area contributed by atoms with E-state index in [2.05, 4.69) is 30.7 Å². The molecule has 0 aromatic carbocycles. The number of carbonyl (C=O) groups excluding carboxylic acids is 6. The number of esters is 2. The maximum absolute atomic E-state index is 12.8. The summed E-state index contributed by atoms with van der Waals surface area (Å²) in [5.74, 6) is -9.51. The zero-order valence-electron chi connectivity index (χ0n) is 18.3. The molecule has 184 valence electrons. The zero-order chi connectivity index (χ0) is 26.6. The number of rotatable bonds is 8. The van der Waals surface area contributed by atoms with Gasteiger partial charge in [-0.25, -0.2) is 9.59 Å². The van der Waals surface area contributed by atoms with Gasteiger partial charge in [-0.1, -0.05) is 0 Å². The normalized spacial score (nSPS) is 27.5. The first-order chi connectivity index (χ1) is 16.4. The van der Waals surface area contributed by atoms with E-state index in [1.165, 1.54) is 0 Å². The molecular formula is C19H18N6O8S2. The van der Waals surface area contributed by atoms with E-state index in [1.807, 2.05) is 0 Å². The lowest BCUT2D eigenvalue weighted by atomic mass is 9.76. The van der Waals surface area contributed by atoms with Crippen molar-refractivity contribution in [1.29, 1.82) is 10.5 Å². The summed E-state index contributed by atoms with van der Waals surface area (Å²) >= 11 is 9.75. The molecule has 0 aromatic heterocycles. The highest BCUT2D eigenvalue weighted by molar-refractivity contribution is 7.80. The van der Waals surface area contributed by atoms with Crippen molar-refractivity contribution in [2.24, 2.45) is 11.8 Å². The topological polar surface area (TPSA) is 217 Å². The maximum Gasteiger partial charge on any atom is 0.333 e. The van der Waals surface area contributed by atoms with Crippen LogP contribution in [0.1, 0.15) is 19.3 Å². The van der Waals surface area contributed by atoms with Gasteiger partial charge in [-0.2, -0.15) is 10.5 Å². The minimum atomic E-state index is -2.21. The van der Waals surface area contributed by atoms with Crippen LogP contribution in [0.3, 0.4) is 0 Å². The number of ether oxygens (including phenoxy) is 2. The van der Waals surface area contributed by atoms with Gasteiger partial charge in [-0.3, -0.25) is 19.2 Å². The fourth-order valence-electron chi connectivity index (χ4n) is 3.87. The van der Waals surface area contributed by atoms with E-state index < -0.39 is 77.5 Å². The molecule has 2 fully saturated rings. The summed E-state index contributed by atoms with van der Waals surface area (Å²) in [7, 11) is 1.94. The lowest BCUT2D eigenvalue weighted by Gasteiger charge is -2.39. The van der Waals surface area contributed by atoms with Crippen LogP contribution in [0.5, 0.6) is 0 Å². The minimum absolute atomic E-state index is 0.335. The summed E-state index contributed by atoms with van der Waals surface area (Å²) in [5.41, 5.74) is -4.42. The van der Waals surface area contributed by atoms with Gasteiger partial charge < -0.3 is 30.7 Å². The van der Waals surface area contributed by atoms with Crippen LogP contribution >= 0.6 is 24.4 Å². The van der Waals surface area contributed by atoms with Crippen molar-refractivity contribution in [1.82, 2.24) is 21.3 Å². The number of nitrogens with one attached hydrogen (secondary N) is 4. The number of nitriles is 2. The van der Waals surface area contributed by atoms with Crippen LogP contribution in [0.2, 0.25) is 0 Å². The van der Waals surface area contributed by atoms with E-state index in [1.54, 1.807) is 12.1 Å². The molecule has 0 saturated carbocycles. The Bertz CT molecular complexity index is 1040. The average Bonchev–Trinajstić information content (AvgIpc) is 2.76. The number of methoxy groups -OCH3 is 2. The van der Waals surface area contributed by atoms with Gasteiger partial charge in [0.25, 0.3) is 0 Å². The van der Waals surface area contributed by atoms with Crippen molar-refractivity contribution < 1.29 is 38.2 Å². The van der Waals surface area contributed by atoms with E-state index in [9.17, 15) is 39.3 Å². The predicted octanol–water partition coefficient (Wildman–Crippen LogP) is -2.59. The first-order valence-corrected chi connectivity index (χ1v) is 10.5. The van der Waals surface area contributed by atoms with E-state index in [4.69, 9.17) is 24.4 Å². The highest BCUT2D eigenvalue weighted by atomic mass is 32.1. The Morgan fingerprint density at radius 2 is 1.17 bits per heavy atom. The molecule has 0 spiro atoms. The third kappa shape index (κ3) is 5.08. The molecule has 14 nitrogen and oxygen atoms in total. The van der Waals surface area contributed by atoms with Gasteiger partial charge in [0.05, 0.1) is 32.8 Å². The molecule has 4 N–H and O–H groups in total. The Morgan fingerprint density at radius 3 is 1.46 bits per heavy atom. The fourth-order valence-corrected chi connectivity index (χ4v) is 4.44. The number of hydrogen-bond donors (Lipinski definition) is 4. The highest BCUT2D eigenvalue weighted by Crippen LogP contribution is 2.30. The van der Waals surface area contributed by atoms with Gasteiger partial charge in [0.1, 0.15) is 11.6 Å². The molecule has 0 radical (unpaired) electrons. The van der Waals surface area contributed by atoms with Crippen LogP contribution in [0.15, 0.2) is 0 Å². The van der Waals surface area contributed by atoms with Crippen molar-refractivity contribution in [2.45, 2.75) is 30.3 Å². The van der Waals surface area contributed by atoms with Crippen molar-refractivity contribution in [2.75, 3.05) is 14.2 Å². The second-order valence-corrected chi connectivity index (χ2v) is 8.36. The molecule has 2 rings (SSSR count). The number of Topliss-reactive ketones (excluding diaryl/α,β-unsaturated/α-hetero) is 2. The number of thiocarbonyl (C=S) groups is 2. The second-order valence-electron chi connectivity index (χ2n) is 7.54. The Balaban J connectivity index is 2.33. The summed E-state index contributed by atoms with van der Waals surface area (Å²) in [6.07, 6.45) is -2.60. The number of ketones is 2. The van der Waals surface area contributed by atoms with Gasteiger partial charge in [-0.15, -0.1) is 0 Å². The molecule has 2 aliphatic rings. The first-order valence-electron chi connectivity index (χ1n) is 9.66. The van der Waals surface area contributed by atoms with Gasteiger partial charge in [0, 0.05) is 12.8 Å². The van der Waals surface area contributed by atoms with Crippen molar-refractivity contribution in [3.63, 3.8) is 0 Å². The van der Waals surface area contributed by atoms with Gasteiger partial charge in [0.15, 0.2) is 33.1 Å². The Hall–Kier alpha value is -4.02. The molecule has 0 aromatic rings. The Morgan fingerprint density at radius 1 is 0.829 bits per heavy atom. The largest absolute Gasteiger partial charge is 0.467 e. The SMILES string of the molecule is COC(=O)[C@]1(CC(=O)CC(=O)C[C@]2(C(=O)OC)NC(=S)NC(=O)[C@H]2C#N)NC(=S)NC(=O)[C@H]1C#N. The molecule has 2 heterocycles. The highest BCUT2D eigenvalue weighted by Gasteiger charge is 2.57. The summed E-state index contributed by atoms with van der Waals surface area (Å²) < 4.78 is 9.34. The zero-order valence-corrected chi connectivity index (χ0v) is 19.9. The first kappa shape index (κ1) is 27.2. The molecule has 35 heavy (non-hydrogen) atoms. The molecule has 2 saturated heterocycles. The van der Waals surface area contributed by atoms with Crippen LogP contribution in [-0.4, -0.2) is 70.8 Å². The molecule has 0 unspecified atom stereocenters. The second kappa shape index (κ2) is 10.5. The van der Waals surface area contributed by atoms with Crippen LogP contribution in [0, 0.1) is 34.5 Å². The van der Waals surface area contributed by atoms with Crippen molar-refractivity contribution >= 4 is 70.0 Å². The molecular weight excluding hydrogens is 504 g/mol. The molecule has 0 aliphatic carbocycles. The third-order valence-electron chi connectivity index (χ3n) is 5.36. The lowest BCUT2D eigenvalue weighted by molar-refractivity contribution is -0.155. The quantitative estimate of drug-likeness (QED) is 0.146. The van der Waals surface area contributed by atoms with E-state index in [0.29, 0.717) is 0 Å². The van der Waals surface area contributed by atoms with Gasteiger partial charge >= 0.3 is 11.9 Å². The maximum atomic E-state index is 12.8. The summed E-state index contributed by atoms with van der Waals surface area (Å²) in [5, 5.41) is 27.4. The smallest absolute Gasteiger partial charge is 0.333 e. The average molecular weight is 523 g/mol. The number of nitrogens with zero attached hydrogens (tertiary/aromatic N) is 2. The standard InChI is InChI=1S/C19H18N6O8S2/c1-32-14(30)18(10(6-20)12(28)22-16(34)24-18)4-8(26)3-9(27)5-19(15(31)33-2)11(7-21)13(29)23-17(35)25-19/h10-11H,3-5H2,1-2H3,(H2,22,24,28,34)(H2,23,25,29,35)/t10-,11-,18-,19+/m1/s1. The summed E-state index contributed by atoms with van der Waals surface area (Å²) in [6, 6.07) is 3.24. The van der Waals surface area contributed by atoms with Crippen LogP contribution in [-0.2, 0) is 38.2 Å². The van der Waals surface area contributed by atoms with Crippen LogP contribution in [0.4, 0.5) is 0 Å². The molecule has 16 heteroatoms. The summed E-state index contributed by atoms with van der Waals surface area (Å²) in [6.45, 7) is 0. The fraction of sp³-hybridized carbons (Fsp3) is 0.474. The third-order valence-corrected chi connectivity index (χ3v) is 5.77. The summed E-state index contributed by atoms with van der Waals surface area (Å²) in [4.78, 5) is 75.2. The number of amides is 2. The number of hydrogen-bond acceptors (Lipinski definition) is 12. The predicted molar refractivity (Wildman–Crippen MR) is 119 cm³/mol. The monoisotopic (exact) mass is 522 g/mol. The molecule has 2 amide bonds. The van der Waals surface area contributed by atoms with E-state index in [-0.39, 0.29) is 10.2 Å². The molecule has 4 atom stereocenters. The van der Waals surface area contributed by atoms with E-state index >= 15 is 0 Å². The van der Waals surface area contributed by atoms with Crippen LogP contribution in [0.25, 0.3) is 0 Å².